The zero-order valence-electron chi connectivity index (χ0n) is 10.7. The number of benzene rings is 1. The van der Waals surface area contributed by atoms with Crippen molar-refractivity contribution in [3.8, 4) is 0 Å². The number of hydrogen-bond donors (Lipinski definition) is 1. The van der Waals surface area contributed by atoms with Crippen LogP contribution in [0.3, 0.4) is 0 Å². The van der Waals surface area contributed by atoms with Gasteiger partial charge in [0.2, 0.25) is 0 Å². The molecule has 1 unspecified atom stereocenters. The first-order valence-electron chi connectivity index (χ1n) is 5.62. The van der Waals surface area contributed by atoms with Gasteiger partial charge in [-0.05, 0) is 13.0 Å². The van der Waals surface area contributed by atoms with Crippen LogP contribution in [0.25, 0.3) is 0 Å². The molecular weight excluding hydrogens is 316 g/mol. The third kappa shape index (κ3) is 4.29. The third-order valence-electron chi connectivity index (χ3n) is 2.58. The zero-order chi connectivity index (χ0) is 14.4. The number of nitro groups is 1. The topological polar surface area (TPSA) is 81.5 Å². The lowest BCUT2D eigenvalue weighted by Gasteiger charge is -2.11. The van der Waals surface area contributed by atoms with Crippen LogP contribution in [0.4, 0.5) is 5.69 Å². The van der Waals surface area contributed by atoms with E-state index in [1.54, 1.807) is 20.1 Å². The molecule has 0 aromatic heterocycles. The van der Waals surface area contributed by atoms with Gasteiger partial charge in [0.25, 0.3) is 11.6 Å². The number of alkyl halides is 1. The smallest absolute Gasteiger partial charge is 0.273 e. The van der Waals surface area contributed by atoms with Gasteiger partial charge < -0.3 is 10.1 Å². The highest BCUT2D eigenvalue weighted by molar-refractivity contribution is 9.09. The Labute approximate surface area is 119 Å². The Kier molecular flexibility index (Phi) is 5.91. The molecule has 1 aromatic carbocycles. The van der Waals surface area contributed by atoms with E-state index < -0.39 is 4.92 Å². The highest BCUT2D eigenvalue weighted by Crippen LogP contribution is 2.20. The fourth-order valence-corrected chi connectivity index (χ4v) is 2.03. The number of carbonyl (C=O) groups is 1. The van der Waals surface area contributed by atoms with Crippen molar-refractivity contribution in [2.45, 2.75) is 11.8 Å². The van der Waals surface area contributed by atoms with Crippen molar-refractivity contribution < 1.29 is 14.5 Å². The number of hydrogen-bond acceptors (Lipinski definition) is 4. The van der Waals surface area contributed by atoms with E-state index in [1.807, 2.05) is 0 Å². The minimum atomic E-state index is -0.496. The van der Waals surface area contributed by atoms with E-state index >= 15 is 0 Å². The SMILES string of the molecule is COCC(Br)CNC(=O)c1cccc([N+](=O)[O-])c1C. The van der Waals surface area contributed by atoms with Gasteiger partial charge in [-0.25, -0.2) is 0 Å². The fourth-order valence-electron chi connectivity index (χ4n) is 1.61. The summed E-state index contributed by atoms with van der Waals surface area (Å²) in [6, 6.07) is 4.45. The average Bonchev–Trinajstić information content (AvgIpc) is 2.36. The number of rotatable bonds is 6. The molecule has 104 valence electrons. The maximum Gasteiger partial charge on any atom is 0.273 e. The van der Waals surface area contributed by atoms with Crippen LogP contribution in [0, 0.1) is 17.0 Å². The van der Waals surface area contributed by atoms with E-state index in [-0.39, 0.29) is 16.4 Å². The summed E-state index contributed by atoms with van der Waals surface area (Å²) in [5.41, 5.74) is 0.620. The molecule has 0 saturated carbocycles. The normalized spacial score (nSPS) is 11.9. The van der Waals surface area contributed by atoms with Crippen LogP contribution in [-0.2, 0) is 4.74 Å². The Bertz CT molecular complexity index is 479. The highest BCUT2D eigenvalue weighted by Gasteiger charge is 2.18. The van der Waals surface area contributed by atoms with Crippen LogP contribution in [-0.4, -0.2) is 35.9 Å². The van der Waals surface area contributed by atoms with E-state index in [2.05, 4.69) is 21.2 Å². The Morgan fingerprint density at radius 1 is 1.58 bits per heavy atom. The first kappa shape index (κ1) is 15.6. The van der Waals surface area contributed by atoms with Crippen LogP contribution >= 0.6 is 15.9 Å². The Balaban J connectivity index is 2.78. The largest absolute Gasteiger partial charge is 0.383 e. The molecule has 1 aromatic rings. The molecule has 0 heterocycles. The monoisotopic (exact) mass is 330 g/mol. The predicted molar refractivity (Wildman–Crippen MR) is 74.8 cm³/mol. The number of methoxy groups -OCH3 is 1. The van der Waals surface area contributed by atoms with E-state index in [0.717, 1.165) is 0 Å². The van der Waals surface area contributed by atoms with Crippen LogP contribution in [0.1, 0.15) is 15.9 Å². The first-order valence-corrected chi connectivity index (χ1v) is 6.54. The second kappa shape index (κ2) is 7.20. The quantitative estimate of drug-likeness (QED) is 0.491. The van der Waals surface area contributed by atoms with Crippen LogP contribution < -0.4 is 5.32 Å². The minimum absolute atomic E-state index is 0.000421. The number of halogens is 1. The Morgan fingerprint density at radius 2 is 2.26 bits per heavy atom. The van der Waals surface area contributed by atoms with E-state index in [0.29, 0.717) is 24.3 Å². The van der Waals surface area contributed by atoms with Gasteiger partial charge >= 0.3 is 0 Å². The molecule has 1 atom stereocenters. The molecule has 1 N–H and O–H groups in total. The lowest BCUT2D eigenvalue weighted by atomic mass is 10.1. The summed E-state index contributed by atoms with van der Waals surface area (Å²) in [5.74, 6) is -0.332. The summed E-state index contributed by atoms with van der Waals surface area (Å²) in [5, 5.41) is 13.5. The highest BCUT2D eigenvalue weighted by atomic mass is 79.9. The van der Waals surface area contributed by atoms with Gasteiger partial charge in [0, 0.05) is 30.8 Å². The average molecular weight is 331 g/mol. The third-order valence-corrected chi connectivity index (χ3v) is 3.17. The Morgan fingerprint density at radius 3 is 2.84 bits per heavy atom. The summed E-state index contributed by atoms with van der Waals surface area (Å²) in [6.45, 7) is 2.41. The number of amides is 1. The summed E-state index contributed by atoms with van der Waals surface area (Å²) < 4.78 is 4.93. The molecule has 0 bridgehead atoms. The molecule has 1 rings (SSSR count). The first-order chi connectivity index (χ1) is 8.97. The van der Waals surface area contributed by atoms with Gasteiger partial charge in [0.15, 0.2) is 0 Å². The summed E-state index contributed by atoms with van der Waals surface area (Å²) in [7, 11) is 1.57. The molecule has 0 spiro atoms. The zero-order valence-corrected chi connectivity index (χ0v) is 12.3. The predicted octanol–water partition coefficient (Wildman–Crippen LogP) is 2.04. The molecule has 0 aliphatic rings. The molecule has 0 fully saturated rings. The number of nitrogens with zero attached hydrogens (tertiary/aromatic N) is 1. The van der Waals surface area contributed by atoms with Gasteiger partial charge in [0.05, 0.1) is 16.4 Å². The Hall–Kier alpha value is -1.47. The van der Waals surface area contributed by atoms with Gasteiger partial charge in [-0.2, -0.15) is 0 Å². The van der Waals surface area contributed by atoms with Gasteiger partial charge in [-0.15, -0.1) is 0 Å². The van der Waals surface area contributed by atoms with Crippen molar-refractivity contribution in [3.05, 3.63) is 39.4 Å². The second-order valence-corrected chi connectivity index (χ2v) is 5.26. The lowest BCUT2D eigenvalue weighted by Crippen LogP contribution is -2.31. The molecule has 0 aliphatic carbocycles. The minimum Gasteiger partial charge on any atom is -0.383 e. The van der Waals surface area contributed by atoms with Crippen LogP contribution in [0.15, 0.2) is 18.2 Å². The summed E-state index contributed by atoms with van der Waals surface area (Å²) in [6.07, 6.45) is 0. The maximum atomic E-state index is 12.0. The number of ether oxygens (including phenoxy) is 1. The van der Waals surface area contributed by atoms with Crippen molar-refractivity contribution in [2.24, 2.45) is 0 Å². The standard InChI is InChI=1S/C12H15BrN2O4/c1-8-10(4-3-5-11(8)15(17)18)12(16)14-6-9(13)7-19-2/h3-5,9H,6-7H2,1-2H3,(H,14,16). The van der Waals surface area contributed by atoms with Gasteiger partial charge in [0.1, 0.15) is 0 Å². The van der Waals surface area contributed by atoms with Gasteiger partial charge in [-0.3, -0.25) is 14.9 Å². The molecular formula is C12H15BrN2O4. The van der Waals surface area contributed by atoms with Crippen molar-refractivity contribution in [3.63, 3.8) is 0 Å². The number of nitrogens with one attached hydrogen (secondary N) is 1. The molecule has 7 heteroatoms. The molecule has 0 saturated heterocycles. The molecule has 6 nitrogen and oxygen atoms in total. The fraction of sp³-hybridized carbons (Fsp3) is 0.417. The van der Waals surface area contributed by atoms with Gasteiger partial charge in [-0.1, -0.05) is 22.0 Å². The number of nitro benzene ring substituents is 1. The second-order valence-electron chi connectivity index (χ2n) is 3.97. The van der Waals surface area contributed by atoms with E-state index in [1.165, 1.54) is 12.1 Å². The lowest BCUT2D eigenvalue weighted by molar-refractivity contribution is -0.385. The van der Waals surface area contributed by atoms with Crippen LogP contribution in [0.5, 0.6) is 0 Å². The maximum absolute atomic E-state index is 12.0. The van der Waals surface area contributed by atoms with E-state index in [9.17, 15) is 14.9 Å². The molecule has 19 heavy (non-hydrogen) atoms. The van der Waals surface area contributed by atoms with Crippen molar-refractivity contribution in [2.75, 3.05) is 20.3 Å². The molecule has 0 aliphatic heterocycles. The molecule has 1 amide bonds. The molecule has 0 radical (unpaired) electrons. The summed E-state index contributed by atoms with van der Waals surface area (Å²) >= 11 is 3.35. The van der Waals surface area contributed by atoms with Crippen molar-refractivity contribution >= 4 is 27.5 Å². The summed E-state index contributed by atoms with van der Waals surface area (Å²) in [4.78, 5) is 22.3. The van der Waals surface area contributed by atoms with E-state index in [4.69, 9.17) is 4.74 Å². The number of carbonyl (C=O) groups excluding carboxylic acids is 1. The van der Waals surface area contributed by atoms with Crippen LogP contribution in [0.2, 0.25) is 0 Å². The van der Waals surface area contributed by atoms with Crippen molar-refractivity contribution in [1.29, 1.82) is 0 Å². The van der Waals surface area contributed by atoms with Crippen molar-refractivity contribution in [1.82, 2.24) is 5.32 Å².